The second kappa shape index (κ2) is 3.46. The van der Waals surface area contributed by atoms with Crippen molar-refractivity contribution < 1.29 is 9.59 Å². The fraction of sp³-hybridized carbons (Fsp3) is 0.733. The van der Waals surface area contributed by atoms with Crippen molar-refractivity contribution >= 4 is 11.8 Å². The Balaban J connectivity index is 1.79. The second-order valence-electron chi connectivity index (χ2n) is 6.50. The summed E-state index contributed by atoms with van der Waals surface area (Å²) in [5.41, 5.74) is 1.86. The third kappa shape index (κ3) is 1.15. The van der Waals surface area contributed by atoms with Gasteiger partial charge in [0.05, 0.1) is 0 Å². The quantitative estimate of drug-likeness (QED) is 0.721. The van der Waals surface area contributed by atoms with Crippen molar-refractivity contribution in [2.75, 3.05) is 0 Å². The zero-order chi connectivity index (χ0) is 12.3. The SMILES string of the molecule is O=C1NC(=O)C2=C1C1CCC2(C2CCCCC2)C1. The molecule has 1 N–H and O–H groups in total. The molecule has 0 aromatic heterocycles. The Morgan fingerprint density at radius 3 is 2.56 bits per heavy atom. The molecule has 0 saturated heterocycles. The van der Waals surface area contributed by atoms with E-state index in [-0.39, 0.29) is 17.2 Å². The van der Waals surface area contributed by atoms with E-state index in [4.69, 9.17) is 0 Å². The summed E-state index contributed by atoms with van der Waals surface area (Å²) in [7, 11) is 0. The molecule has 2 atom stereocenters. The fourth-order valence-corrected chi connectivity index (χ4v) is 5.13. The molecule has 3 heteroatoms. The third-order valence-corrected chi connectivity index (χ3v) is 5.81. The zero-order valence-electron chi connectivity index (χ0n) is 10.6. The number of carbonyl (C=O) groups excluding carboxylic acids is 2. The van der Waals surface area contributed by atoms with Gasteiger partial charge in [0.2, 0.25) is 0 Å². The highest BCUT2D eigenvalue weighted by atomic mass is 16.2. The van der Waals surface area contributed by atoms with Gasteiger partial charge in [-0.25, -0.2) is 0 Å². The maximum absolute atomic E-state index is 12.1. The molecule has 4 aliphatic rings. The molecule has 4 rings (SSSR count). The Kier molecular flexibility index (Phi) is 2.07. The number of rotatable bonds is 1. The number of imide groups is 1. The Labute approximate surface area is 107 Å². The van der Waals surface area contributed by atoms with Crippen LogP contribution in [-0.4, -0.2) is 11.8 Å². The van der Waals surface area contributed by atoms with Gasteiger partial charge in [0.25, 0.3) is 11.8 Å². The van der Waals surface area contributed by atoms with Crippen molar-refractivity contribution in [2.24, 2.45) is 17.3 Å². The lowest BCUT2D eigenvalue weighted by Crippen LogP contribution is -2.35. The van der Waals surface area contributed by atoms with Crippen LogP contribution in [0.15, 0.2) is 11.1 Å². The molecule has 0 aromatic carbocycles. The summed E-state index contributed by atoms with van der Waals surface area (Å²) in [5.74, 6) is 0.883. The highest BCUT2D eigenvalue weighted by molar-refractivity contribution is 6.21. The predicted octanol–water partition coefficient (Wildman–Crippen LogP) is 2.32. The molecular formula is C15H19NO2. The van der Waals surface area contributed by atoms with Gasteiger partial charge in [-0.05, 0) is 43.9 Å². The Hall–Kier alpha value is -1.12. The molecule has 1 heterocycles. The van der Waals surface area contributed by atoms with E-state index in [9.17, 15) is 9.59 Å². The molecule has 0 spiro atoms. The maximum Gasteiger partial charge on any atom is 0.255 e. The maximum atomic E-state index is 12.1. The Bertz CT molecular complexity index is 473. The van der Waals surface area contributed by atoms with E-state index < -0.39 is 0 Å². The number of fused-ring (bicyclic) bond motifs is 4. The number of hydrogen-bond acceptors (Lipinski definition) is 2. The first-order valence-corrected chi connectivity index (χ1v) is 7.33. The van der Waals surface area contributed by atoms with Crippen LogP contribution in [0.3, 0.4) is 0 Å². The molecule has 2 unspecified atom stereocenters. The summed E-state index contributed by atoms with van der Waals surface area (Å²) in [5, 5.41) is 2.53. The molecule has 2 bridgehead atoms. The lowest BCUT2D eigenvalue weighted by atomic mass is 9.64. The van der Waals surface area contributed by atoms with E-state index in [2.05, 4.69) is 5.32 Å². The van der Waals surface area contributed by atoms with Crippen molar-refractivity contribution in [1.82, 2.24) is 5.32 Å². The van der Waals surface area contributed by atoms with Crippen molar-refractivity contribution in [2.45, 2.75) is 51.4 Å². The average molecular weight is 245 g/mol. The molecule has 96 valence electrons. The fourth-order valence-electron chi connectivity index (χ4n) is 5.13. The van der Waals surface area contributed by atoms with Crippen molar-refractivity contribution in [3.63, 3.8) is 0 Å². The number of carbonyl (C=O) groups is 2. The molecular weight excluding hydrogens is 226 g/mol. The molecule has 3 nitrogen and oxygen atoms in total. The van der Waals surface area contributed by atoms with Crippen LogP contribution in [0.25, 0.3) is 0 Å². The standard InChI is InChI=1S/C15H19NO2/c17-13-11-9-6-7-15(8-9,12(11)14(18)16-13)10-4-2-1-3-5-10/h9-10H,1-8H2,(H,16,17,18). The minimum atomic E-state index is -0.0858. The topological polar surface area (TPSA) is 46.2 Å². The highest BCUT2D eigenvalue weighted by Gasteiger charge is 2.60. The second-order valence-corrected chi connectivity index (χ2v) is 6.50. The normalized spacial score (nSPS) is 39.4. The van der Waals surface area contributed by atoms with Crippen molar-refractivity contribution in [3.05, 3.63) is 11.1 Å². The average Bonchev–Trinajstić information content (AvgIpc) is 3.03. The molecule has 2 fully saturated rings. The molecule has 2 saturated carbocycles. The van der Waals surface area contributed by atoms with Crippen LogP contribution >= 0.6 is 0 Å². The van der Waals surface area contributed by atoms with Gasteiger partial charge in [0.1, 0.15) is 0 Å². The zero-order valence-corrected chi connectivity index (χ0v) is 10.6. The van der Waals surface area contributed by atoms with E-state index >= 15 is 0 Å². The van der Waals surface area contributed by atoms with Crippen LogP contribution in [0.4, 0.5) is 0 Å². The van der Waals surface area contributed by atoms with Gasteiger partial charge in [-0.3, -0.25) is 14.9 Å². The first-order valence-electron chi connectivity index (χ1n) is 7.33. The number of hydrogen-bond donors (Lipinski definition) is 1. The summed E-state index contributed by atoms with van der Waals surface area (Å²) in [6.45, 7) is 0. The van der Waals surface area contributed by atoms with Gasteiger partial charge in [-0.1, -0.05) is 19.3 Å². The Morgan fingerprint density at radius 2 is 1.78 bits per heavy atom. The first kappa shape index (κ1) is 10.8. The van der Waals surface area contributed by atoms with Gasteiger partial charge >= 0.3 is 0 Å². The van der Waals surface area contributed by atoms with Gasteiger partial charge in [-0.15, -0.1) is 0 Å². The number of amides is 2. The summed E-state index contributed by atoms with van der Waals surface area (Å²) in [4.78, 5) is 24.0. The van der Waals surface area contributed by atoms with E-state index in [0.29, 0.717) is 11.8 Å². The highest BCUT2D eigenvalue weighted by Crippen LogP contribution is 2.64. The molecule has 3 aliphatic carbocycles. The predicted molar refractivity (Wildman–Crippen MR) is 66.5 cm³/mol. The van der Waals surface area contributed by atoms with Crippen molar-refractivity contribution in [3.8, 4) is 0 Å². The third-order valence-electron chi connectivity index (χ3n) is 5.81. The van der Waals surface area contributed by atoms with Gasteiger partial charge in [0.15, 0.2) is 0 Å². The van der Waals surface area contributed by atoms with Gasteiger partial charge in [0, 0.05) is 16.6 Å². The summed E-state index contributed by atoms with van der Waals surface area (Å²) < 4.78 is 0. The van der Waals surface area contributed by atoms with Crippen LogP contribution in [0.1, 0.15) is 51.4 Å². The Morgan fingerprint density at radius 1 is 1.00 bits per heavy atom. The molecule has 0 radical (unpaired) electrons. The van der Waals surface area contributed by atoms with Crippen LogP contribution < -0.4 is 5.32 Å². The van der Waals surface area contributed by atoms with Crippen LogP contribution in [0, 0.1) is 17.3 Å². The lowest BCUT2D eigenvalue weighted by molar-refractivity contribution is -0.125. The number of nitrogens with one attached hydrogen (secondary N) is 1. The minimum Gasteiger partial charge on any atom is -0.289 e. The summed E-state index contributed by atoms with van der Waals surface area (Å²) in [6.07, 6.45) is 9.80. The molecule has 2 amide bonds. The molecule has 1 aliphatic heterocycles. The summed E-state index contributed by atoms with van der Waals surface area (Å²) in [6, 6.07) is 0. The smallest absolute Gasteiger partial charge is 0.255 e. The van der Waals surface area contributed by atoms with Crippen LogP contribution in [-0.2, 0) is 9.59 Å². The van der Waals surface area contributed by atoms with Gasteiger partial charge in [-0.2, -0.15) is 0 Å². The van der Waals surface area contributed by atoms with Crippen LogP contribution in [0.5, 0.6) is 0 Å². The summed E-state index contributed by atoms with van der Waals surface area (Å²) >= 11 is 0. The van der Waals surface area contributed by atoms with Gasteiger partial charge < -0.3 is 0 Å². The minimum absolute atomic E-state index is 0.0669. The van der Waals surface area contributed by atoms with Crippen molar-refractivity contribution in [1.29, 1.82) is 0 Å². The van der Waals surface area contributed by atoms with E-state index in [1.165, 1.54) is 32.1 Å². The molecule has 0 aromatic rings. The van der Waals surface area contributed by atoms with E-state index in [1.807, 2.05) is 0 Å². The molecule has 18 heavy (non-hydrogen) atoms. The first-order chi connectivity index (χ1) is 8.72. The van der Waals surface area contributed by atoms with Crippen LogP contribution in [0.2, 0.25) is 0 Å². The largest absolute Gasteiger partial charge is 0.289 e. The lowest BCUT2D eigenvalue weighted by Gasteiger charge is -2.39. The monoisotopic (exact) mass is 245 g/mol. The van der Waals surface area contributed by atoms with E-state index in [1.54, 1.807) is 0 Å². The van der Waals surface area contributed by atoms with E-state index in [0.717, 1.165) is 30.4 Å².